The normalized spacial score (nSPS) is 14.3. The monoisotopic (exact) mass is 252 g/mol. The molecule has 0 radical (unpaired) electrons. The quantitative estimate of drug-likeness (QED) is 0.503. The minimum Gasteiger partial charge on any atom is -0.383 e. The molecule has 0 aliphatic heterocycles. The summed E-state index contributed by atoms with van der Waals surface area (Å²) in [7, 11) is 0.894. The fraction of sp³-hybridized carbons (Fsp3) is 0.889. The van der Waals surface area contributed by atoms with Gasteiger partial charge in [0.1, 0.15) is 0 Å². The molecule has 90 valence electrons. The molecule has 4 nitrogen and oxygen atoms in total. The average molecular weight is 252 g/mol. The molecule has 0 bridgehead atoms. The van der Waals surface area contributed by atoms with Gasteiger partial charge in [-0.25, -0.2) is 0 Å². The summed E-state index contributed by atoms with van der Waals surface area (Å²) in [5.41, 5.74) is 0. The van der Waals surface area contributed by atoms with Gasteiger partial charge in [0.25, 0.3) is 0 Å². The minimum atomic E-state index is -0.755. The summed E-state index contributed by atoms with van der Waals surface area (Å²) in [6.07, 6.45) is 2.58. The number of rotatable bonds is 7. The second kappa shape index (κ2) is 9.06. The molecular weight excluding hydrogens is 232 g/mol. The van der Waals surface area contributed by atoms with Crippen molar-refractivity contribution in [2.45, 2.75) is 18.6 Å². The van der Waals surface area contributed by atoms with Gasteiger partial charge in [-0.1, -0.05) is 6.92 Å². The lowest BCUT2D eigenvalue weighted by atomic mass is 10.3. The number of ether oxygens (including phenoxy) is 1. The third-order valence-corrected chi connectivity index (χ3v) is 3.65. The molecule has 0 fully saturated rings. The number of nitrogens with one attached hydrogen (secondary N) is 2. The Labute approximate surface area is 99.6 Å². The smallest absolute Gasteiger partial charge is 0.166 e. The first kappa shape index (κ1) is 14.8. The van der Waals surface area contributed by atoms with Gasteiger partial charge in [-0.3, -0.25) is 4.21 Å². The van der Waals surface area contributed by atoms with E-state index in [1.54, 1.807) is 13.4 Å². The molecule has 0 heterocycles. The zero-order valence-corrected chi connectivity index (χ0v) is 11.2. The maximum atomic E-state index is 11.0. The zero-order valence-electron chi connectivity index (χ0n) is 9.54. The predicted octanol–water partition coefficient (Wildman–Crippen LogP) is 0.254. The molecule has 0 amide bonds. The number of methoxy groups -OCH3 is 1. The van der Waals surface area contributed by atoms with Gasteiger partial charge in [0.05, 0.1) is 6.61 Å². The molecule has 2 N–H and O–H groups in total. The van der Waals surface area contributed by atoms with E-state index >= 15 is 0 Å². The van der Waals surface area contributed by atoms with Crippen molar-refractivity contribution in [3.05, 3.63) is 0 Å². The summed E-state index contributed by atoms with van der Waals surface area (Å²) >= 11 is 5.03. The van der Waals surface area contributed by atoms with Crippen molar-refractivity contribution in [1.29, 1.82) is 0 Å². The van der Waals surface area contributed by atoms with Crippen molar-refractivity contribution >= 4 is 28.1 Å². The van der Waals surface area contributed by atoms with Gasteiger partial charge >= 0.3 is 0 Å². The average Bonchev–Trinajstić information content (AvgIpc) is 2.18. The largest absolute Gasteiger partial charge is 0.383 e. The molecule has 0 saturated carbocycles. The van der Waals surface area contributed by atoms with Crippen LogP contribution in [0.25, 0.3) is 0 Å². The van der Waals surface area contributed by atoms with Crippen molar-refractivity contribution in [1.82, 2.24) is 10.6 Å². The van der Waals surface area contributed by atoms with Crippen LogP contribution in [-0.4, -0.2) is 47.6 Å². The van der Waals surface area contributed by atoms with E-state index < -0.39 is 10.8 Å². The standard InChI is InChI=1S/C9H20N2O2S2/c1-8(15(3)12)4-5-10-9(14)11-6-7-13-2/h8H,4-7H2,1-3H3,(H2,10,11,14). The second-order valence-electron chi connectivity index (χ2n) is 3.27. The van der Waals surface area contributed by atoms with E-state index in [-0.39, 0.29) is 5.25 Å². The van der Waals surface area contributed by atoms with Crippen LogP contribution in [0.15, 0.2) is 0 Å². The van der Waals surface area contributed by atoms with E-state index in [0.29, 0.717) is 18.3 Å². The van der Waals surface area contributed by atoms with Crippen LogP contribution in [0.1, 0.15) is 13.3 Å². The van der Waals surface area contributed by atoms with Crippen LogP contribution in [0.4, 0.5) is 0 Å². The summed E-state index contributed by atoms with van der Waals surface area (Å²) in [5, 5.41) is 6.90. The molecule has 0 aliphatic rings. The molecule has 6 heteroatoms. The van der Waals surface area contributed by atoms with Crippen LogP contribution in [0, 0.1) is 0 Å². The Balaban J connectivity index is 3.42. The highest BCUT2D eigenvalue weighted by Crippen LogP contribution is 1.96. The fourth-order valence-electron chi connectivity index (χ4n) is 0.884. The van der Waals surface area contributed by atoms with Crippen LogP contribution in [-0.2, 0) is 15.5 Å². The van der Waals surface area contributed by atoms with E-state index in [9.17, 15) is 4.21 Å². The van der Waals surface area contributed by atoms with Crippen molar-refractivity contribution < 1.29 is 8.95 Å². The highest BCUT2D eigenvalue weighted by atomic mass is 32.2. The van der Waals surface area contributed by atoms with Gasteiger partial charge < -0.3 is 15.4 Å². The van der Waals surface area contributed by atoms with Gasteiger partial charge in [-0.2, -0.15) is 0 Å². The van der Waals surface area contributed by atoms with E-state index in [1.807, 2.05) is 6.92 Å². The van der Waals surface area contributed by atoms with E-state index in [1.165, 1.54) is 0 Å². The molecule has 0 saturated heterocycles. The van der Waals surface area contributed by atoms with Gasteiger partial charge in [0.2, 0.25) is 0 Å². The molecule has 0 aliphatic carbocycles. The topological polar surface area (TPSA) is 50.4 Å². The molecular formula is C9H20N2O2S2. The van der Waals surface area contributed by atoms with Crippen LogP contribution in [0.3, 0.4) is 0 Å². The summed E-state index contributed by atoms with van der Waals surface area (Å²) in [4.78, 5) is 0. The lowest BCUT2D eigenvalue weighted by Gasteiger charge is -2.12. The lowest BCUT2D eigenvalue weighted by molar-refractivity contribution is 0.204. The number of hydrogen-bond acceptors (Lipinski definition) is 3. The van der Waals surface area contributed by atoms with Crippen LogP contribution in [0.5, 0.6) is 0 Å². The predicted molar refractivity (Wildman–Crippen MR) is 68.6 cm³/mol. The minimum absolute atomic E-state index is 0.208. The van der Waals surface area contributed by atoms with E-state index in [0.717, 1.165) is 13.0 Å². The Hall–Kier alpha value is -0.200. The number of thiocarbonyl (C=S) groups is 1. The third-order valence-electron chi connectivity index (χ3n) is 1.99. The Bertz CT molecular complexity index is 212. The van der Waals surface area contributed by atoms with E-state index in [2.05, 4.69) is 10.6 Å². The Morgan fingerprint density at radius 3 is 2.60 bits per heavy atom. The van der Waals surface area contributed by atoms with E-state index in [4.69, 9.17) is 17.0 Å². The summed E-state index contributed by atoms with van der Waals surface area (Å²) < 4.78 is 15.9. The Morgan fingerprint density at radius 1 is 1.47 bits per heavy atom. The molecule has 2 atom stereocenters. The van der Waals surface area contributed by atoms with Crippen LogP contribution >= 0.6 is 12.2 Å². The van der Waals surface area contributed by atoms with Crippen LogP contribution < -0.4 is 10.6 Å². The first-order chi connectivity index (χ1) is 7.07. The Morgan fingerprint density at radius 2 is 2.07 bits per heavy atom. The summed E-state index contributed by atoms with van der Waals surface area (Å²) in [5.74, 6) is 0. The van der Waals surface area contributed by atoms with Gasteiger partial charge in [0.15, 0.2) is 5.11 Å². The van der Waals surface area contributed by atoms with Gasteiger partial charge in [0, 0.05) is 42.5 Å². The molecule has 0 aromatic heterocycles. The molecule has 15 heavy (non-hydrogen) atoms. The highest BCUT2D eigenvalue weighted by Gasteiger charge is 2.05. The van der Waals surface area contributed by atoms with Gasteiger partial charge in [-0.05, 0) is 18.6 Å². The maximum Gasteiger partial charge on any atom is 0.166 e. The molecule has 0 aromatic rings. The van der Waals surface area contributed by atoms with Crippen LogP contribution in [0.2, 0.25) is 0 Å². The first-order valence-corrected chi connectivity index (χ1v) is 6.93. The SMILES string of the molecule is COCCNC(=S)NCCC(C)S(C)=O. The van der Waals surface area contributed by atoms with Crippen molar-refractivity contribution in [2.75, 3.05) is 33.1 Å². The van der Waals surface area contributed by atoms with Crippen molar-refractivity contribution in [2.24, 2.45) is 0 Å². The molecule has 0 aromatic carbocycles. The third kappa shape index (κ3) is 8.77. The van der Waals surface area contributed by atoms with Crippen molar-refractivity contribution in [3.8, 4) is 0 Å². The molecule has 2 unspecified atom stereocenters. The number of hydrogen-bond donors (Lipinski definition) is 2. The zero-order chi connectivity index (χ0) is 11.7. The summed E-state index contributed by atoms with van der Waals surface area (Å²) in [6, 6.07) is 0. The lowest BCUT2D eigenvalue weighted by Crippen LogP contribution is -2.38. The fourth-order valence-corrected chi connectivity index (χ4v) is 1.54. The van der Waals surface area contributed by atoms with Gasteiger partial charge in [-0.15, -0.1) is 0 Å². The second-order valence-corrected chi connectivity index (χ2v) is 5.48. The molecule has 0 rings (SSSR count). The summed E-state index contributed by atoms with van der Waals surface area (Å²) in [6.45, 7) is 4.06. The van der Waals surface area contributed by atoms with Crippen molar-refractivity contribution in [3.63, 3.8) is 0 Å². The first-order valence-electron chi connectivity index (χ1n) is 4.90. The maximum absolute atomic E-state index is 11.0. The highest BCUT2D eigenvalue weighted by molar-refractivity contribution is 7.84. The Kier molecular flexibility index (Phi) is 8.94. The molecule has 0 spiro atoms.